The molecule has 0 unspecified atom stereocenters. The summed E-state index contributed by atoms with van der Waals surface area (Å²) in [6.45, 7) is 13.0. The number of carbonyl (C=O) groups is 4. The highest BCUT2D eigenvalue weighted by Gasteiger charge is 2.75. The molecule has 0 radical (unpaired) electrons. The summed E-state index contributed by atoms with van der Waals surface area (Å²) in [6.07, 6.45) is 7.37. The molecule has 50 heavy (non-hydrogen) atoms. The molecule has 0 aliphatic carbocycles. The number of unbranched alkanes of at least 4 members (excludes halogenated alkanes) is 2. The number of carbonyl (C=O) groups excluding carboxylic acids is 4. The molecule has 10 nitrogen and oxygen atoms in total. The van der Waals surface area contributed by atoms with Crippen LogP contribution in [0.15, 0.2) is 53.0 Å². The smallest absolute Gasteiger partial charge is 0.313 e. The molecular formula is C39H54BrN3O7. The van der Waals surface area contributed by atoms with E-state index < -0.39 is 53.2 Å². The zero-order chi connectivity index (χ0) is 36.6. The number of aliphatic hydroxyl groups is 1. The van der Waals surface area contributed by atoms with Crippen molar-refractivity contribution in [1.29, 1.82) is 0 Å². The molecule has 274 valence electrons. The van der Waals surface area contributed by atoms with Crippen molar-refractivity contribution >= 4 is 39.6 Å². The van der Waals surface area contributed by atoms with Gasteiger partial charge in [-0.05, 0) is 69.9 Å². The van der Waals surface area contributed by atoms with E-state index in [0.717, 1.165) is 5.56 Å². The van der Waals surface area contributed by atoms with Crippen LogP contribution >= 0.6 is 15.9 Å². The van der Waals surface area contributed by atoms with Gasteiger partial charge in [0.15, 0.2) is 0 Å². The van der Waals surface area contributed by atoms with Crippen molar-refractivity contribution < 1.29 is 33.8 Å². The van der Waals surface area contributed by atoms with Gasteiger partial charge in [0.2, 0.25) is 17.7 Å². The fraction of sp³-hybridized carbons (Fsp3) is 0.641. The number of cyclic esters (lactones) is 1. The Labute approximate surface area is 305 Å². The third kappa shape index (κ3) is 7.33. The van der Waals surface area contributed by atoms with Gasteiger partial charge in [0.05, 0.1) is 12.0 Å². The first-order chi connectivity index (χ1) is 23.5. The molecule has 1 N–H and O–H groups in total. The minimum atomic E-state index is -1.38. The number of benzene rings is 1. The Kier molecular flexibility index (Phi) is 11.4. The summed E-state index contributed by atoms with van der Waals surface area (Å²) in [6, 6.07) is 7.81. The third-order valence-electron chi connectivity index (χ3n) is 10.7. The Balaban J connectivity index is 1.64. The number of rotatable bonds is 8. The number of hydrogen-bond donors (Lipinski definition) is 1. The molecule has 5 rings (SSSR count). The average molecular weight is 757 g/mol. The summed E-state index contributed by atoms with van der Waals surface area (Å²) in [5, 5.41) is 9.44. The maximum absolute atomic E-state index is 15.2. The molecular weight excluding hydrogens is 702 g/mol. The highest BCUT2D eigenvalue weighted by atomic mass is 79.9. The number of nitrogens with zero attached hydrogens (tertiary/aromatic N) is 3. The molecule has 1 aromatic carbocycles. The van der Waals surface area contributed by atoms with Gasteiger partial charge in [0.1, 0.15) is 29.8 Å². The molecule has 11 heteroatoms. The summed E-state index contributed by atoms with van der Waals surface area (Å²) < 4.78 is 13.7. The largest absolute Gasteiger partial charge is 0.455 e. The second kappa shape index (κ2) is 14.9. The Hall–Kier alpha value is -3.02. The van der Waals surface area contributed by atoms with E-state index in [0.29, 0.717) is 36.6 Å². The van der Waals surface area contributed by atoms with Gasteiger partial charge in [0, 0.05) is 43.2 Å². The van der Waals surface area contributed by atoms with Crippen molar-refractivity contribution in [3.8, 4) is 0 Å². The fourth-order valence-corrected chi connectivity index (χ4v) is 9.39. The van der Waals surface area contributed by atoms with E-state index in [2.05, 4.69) is 36.7 Å². The van der Waals surface area contributed by atoms with Crippen LogP contribution in [0.2, 0.25) is 0 Å². The van der Waals surface area contributed by atoms with E-state index in [4.69, 9.17) is 9.47 Å². The number of ether oxygens (including phenoxy) is 2. The average Bonchev–Trinajstić information content (AvgIpc) is 3.64. The molecule has 2 saturated heterocycles. The molecule has 2 fully saturated rings. The van der Waals surface area contributed by atoms with E-state index >= 15 is 4.79 Å². The van der Waals surface area contributed by atoms with Gasteiger partial charge in [-0.2, -0.15) is 0 Å². The van der Waals surface area contributed by atoms with Crippen LogP contribution in [0.5, 0.6) is 0 Å². The third-order valence-corrected chi connectivity index (χ3v) is 11.4. The summed E-state index contributed by atoms with van der Waals surface area (Å²) >= 11 is 3.66. The van der Waals surface area contributed by atoms with Crippen LogP contribution in [-0.4, -0.2) is 99.6 Å². The molecule has 7 atom stereocenters. The van der Waals surface area contributed by atoms with Gasteiger partial charge < -0.3 is 29.3 Å². The van der Waals surface area contributed by atoms with E-state index in [1.165, 1.54) is 0 Å². The van der Waals surface area contributed by atoms with E-state index in [1.54, 1.807) is 16.8 Å². The summed E-state index contributed by atoms with van der Waals surface area (Å²) in [5.74, 6) is -3.24. The second-order valence-corrected chi connectivity index (χ2v) is 17.1. The first-order valence-electron chi connectivity index (χ1n) is 18.0. The van der Waals surface area contributed by atoms with Crippen LogP contribution < -0.4 is 0 Å². The number of allylic oxidation sites excluding steroid dienone is 1. The predicted octanol–water partition coefficient (Wildman–Crippen LogP) is 5.55. The van der Waals surface area contributed by atoms with Crippen LogP contribution in [0, 0.1) is 17.3 Å². The quantitative estimate of drug-likeness (QED) is 0.210. The van der Waals surface area contributed by atoms with Crippen molar-refractivity contribution in [3.63, 3.8) is 0 Å². The number of fused-ring (bicyclic) bond motifs is 2. The Morgan fingerprint density at radius 2 is 1.66 bits per heavy atom. The van der Waals surface area contributed by atoms with Gasteiger partial charge >= 0.3 is 5.97 Å². The van der Waals surface area contributed by atoms with Crippen molar-refractivity contribution in [2.24, 2.45) is 17.3 Å². The van der Waals surface area contributed by atoms with Gasteiger partial charge in [-0.3, -0.25) is 19.2 Å². The summed E-state index contributed by atoms with van der Waals surface area (Å²) in [7, 11) is 1.72. The van der Waals surface area contributed by atoms with Gasteiger partial charge in [-0.15, -0.1) is 0 Å². The highest BCUT2D eigenvalue weighted by molar-refractivity contribution is 9.11. The molecule has 4 aliphatic rings. The SMILES string of the molecule is C[C@@H]1[C@@H](c2ccccc2)OC(=O)[C@@H]2[C@H]3O[C@@]4(C=C3Br)[C@H](C(=O)N(C(C)(C)CC(C)(C)C)C/C=C\CCC(=O)N1C)N(CCCCCO)C(=O)[C@@H]24. The minimum absolute atomic E-state index is 0.0418. The standard InChI is InChI=1S/C39H54BrN3O7/c1-25-31(26-17-11-8-12-18-26)49-36(48)29-30-34(46)42(20-14-10-16-22-44)33(39(30)23-27(40)32(29)50-39)35(47)43(38(5,6)24-37(2,3)4)21-15-9-13-19-28(45)41(25)7/h8-9,11-12,15,17-18,23,25,29-33,44H,10,13-14,16,19-22,24H2,1-7H3/b15-9-/t25-,29+,30-,31+,32+,33+,39-/m1/s1. The highest BCUT2D eigenvalue weighted by Crippen LogP contribution is 2.59. The second-order valence-electron chi connectivity index (χ2n) is 16.2. The lowest BCUT2D eigenvalue weighted by molar-refractivity contribution is -0.164. The monoisotopic (exact) mass is 755 g/mol. The van der Waals surface area contributed by atoms with Crippen molar-refractivity contribution in [2.75, 3.05) is 26.7 Å². The van der Waals surface area contributed by atoms with Crippen LogP contribution in [0.4, 0.5) is 0 Å². The van der Waals surface area contributed by atoms with Gasteiger partial charge in [-0.25, -0.2) is 0 Å². The van der Waals surface area contributed by atoms with E-state index in [-0.39, 0.29) is 49.3 Å². The van der Waals surface area contributed by atoms with Gasteiger partial charge in [0.25, 0.3) is 0 Å². The molecule has 1 spiro atoms. The van der Waals surface area contributed by atoms with E-state index in [9.17, 15) is 19.5 Å². The van der Waals surface area contributed by atoms with E-state index in [1.807, 2.05) is 74.2 Å². The van der Waals surface area contributed by atoms with Crippen LogP contribution in [0.3, 0.4) is 0 Å². The Morgan fingerprint density at radius 3 is 2.32 bits per heavy atom. The number of hydrogen-bond acceptors (Lipinski definition) is 7. The van der Waals surface area contributed by atoms with Crippen molar-refractivity contribution in [1.82, 2.24) is 14.7 Å². The van der Waals surface area contributed by atoms with Gasteiger partial charge in [-0.1, -0.05) is 79.2 Å². The van der Waals surface area contributed by atoms with Crippen molar-refractivity contribution in [2.45, 2.75) is 115 Å². The lowest BCUT2D eigenvalue weighted by Crippen LogP contribution is -2.60. The maximum Gasteiger partial charge on any atom is 0.313 e. The zero-order valence-electron chi connectivity index (χ0n) is 30.6. The van der Waals surface area contributed by atoms with Crippen molar-refractivity contribution in [3.05, 3.63) is 58.6 Å². The number of halogens is 1. The molecule has 5 bridgehead atoms. The predicted molar refractivity (Wildman–Crippen MR) is 194 cm³/mol. The minimum Gasteiger partial charge on any atom is -0.455 e. The topological polar surface area (TPSA) is 117 Å². The molecule has 3 amide bonds. The molecule has 4 heterocycles. The number of amides is 3. The molecule has 0 saturated carbocycles. The Bertz CT molecular complexity index is 1500. The summed E-state index contributed by atoms with van der Waals surface area (Å²) in [4.78, 5) is 62.9. The number of esters is 1. The zero-order valence-corrected chi connectivity index (χ0v) is 32.1. The fourth-order valence-electron chi connectivity index (χ4n) is 8.66. The first-order valence-corrected chi connectivity index (χ1v) is 18.8. The number of aliphatic hydroxyl groups excluding tert-OH is 1. The van der Waals surface area contributed by atoms with Crippen LogP contribution in [-0.2, 0) is 28.7 Å². The molecule has 1 aromatic rings. The van der Waals surface area contributed by atoms with Crippen LogP contribution in [0.1, 0.15) is 91.7 Å². The lowest BCUT2D eigenvalue weighted by Gasteiger charge is -2.45. The molecule has 4 aliphatic heterocycles. The maximum atomic E-state index is 15.2. The number of likely N-dealkylation sites (tertiary alicyclic amines) is 1. The summed E-state index contributed by atoms with van der Waals surface area (Å²) in [5.41, 5.74) is -1.38. The first kappa shape index (κ1) is 38.2. The Morgan fingerprint density at radius 1 is 0.960 bits per heavy atom. The van der Waals surface area contributed by atoms with Crippen LogP contribution in [0.25, 0.3) is 0 Å². The normalized spacial score (nSPS) is 31.6. The lowest BCUT2D eigenvalue weighted by atomic mass is 9.74. The molecule has 0 aromatic heterocycles. The number of likely N-dealkylation sites (N-methyl/N-ethyl adjacent to an activating group) is 1.